The predicted molar refractivity (Wildman–Crippen MR) is 110 cm³/mol. The molecule has 1 atom stereocenters. The van der Waals surface area contributed by atoms with E-state index in [1.165, 1.54) is 12.1 Å². The average Bonchev–Trinajstić information content (AvgIpc) is 3.04. The van der Waals surface area contributed by atoms with Crippen LogP contribution < -0.4 is 9.64 Å². The minimum atomic E-state index is -0.319. The molecule has 3 aromatic rings. The molecule has 1 heterocycles. The van der Waals surface area contributed by atoms with Gasteiger partial charge in [0.15, 0.2) is 0 Å². The third kappa shape index (κ3) is 3.62. The number of hydrogen-bond donors (Lipinski definition) is 0. The van der Waals surface area contributed by atoms with Crippen molar-refractivity contribution in [3.63, 3.8) is 0 Å². The number of nitrogens with zero attached hydrogens (tertiary/aromatic N) is 1. The van der Waals surface area contributed by atoms with Crippen LogP contribution in [0.25, 0.3) is 11.1 Å². The third-order valence-electron chi connectivity index (χ3n) is 4.77. The Morgan fingerprint density at radius 2 is 1.74 bits per heavy atom. The highest BCUT2D eigenvalue weighted by Crippen LogP contribution is 2.44. The molecular weight excluding hydrogens is 384 g/mol. The number of para-hydroxylation sites is 1. The second-order valence-electron chi connectivity index (χ2n) is 6.70. The maximum atomic E-state index is 14.3. The van der Waals surface area contributed by atoms with Crippen LogP contribution in [0.15, 0.2) is 60.7 Å². The van der Waals surface area contributed by atoms with E-state index in [1.807, 2.05) is 25.2 Å². The van der Waals surface area contributed by atoms with E-state index in [0.29, 0.717) is 39.9 Å². The van der Waals surface area contributed by atoms with E-state index in [0.717, 1.165) is 11.3 Å². The van der Waals surface area contributed by atoms with Gasteiger partial charge in [-0.3, -0.25) is 0 Å². The normalized spacial score (nSPS) is 15.3. The summed E-state index contributed by atoms with van der Waals surface area (Å²) < 4.78 is 20.5. The first-order chi connectivity index (χ1) is 13.0. The number of fused-ring (bicyclic) bond motifs is 1. The second kappa shape index (κ2) is 7.41. The van der Waals surface area contributed by atoms with Crippen molar-refractivity contribution in [3.8, 4) is 16.9 Å². The summed E-state index contributed by atoms with van der Waals surface area (Å²) in [6, 6.07) is 18.3. The first-order valence-corrected chi connectivity index (χ1v) is 9.48. The van der Waals surface area contributed by atoms with E-state index in [2.05, 4.69) is 17.0 Å². The fraction of sp³-hybridized carbons (Fsp3) is 0.182. The Balaban J connectivity index is 1.65. The summed E-state index contributed by atoms with van der Waals surface area (Å²) in [5, 5.41) is 0.951. The molecule has 0 amide bonds. The van der Waals surface area contributed by atoms with Gasteiger partial charge in [-0.2, -0.15) is 0 Å². The lowest BCUT2D eigenvalue weighted by Crippen LogP contribution is -2.31. The predicted octanol–water partition coefficient (Wildman–Crippen LogP) is 6.24. The van der Waals surface area contributed by atoms with Crippen molar-refractivity contribution in [2.45, 2.75) is 12.5 Å². The summed E-state index contributed by atoms with van der Waals surface area (Å²) in [6.07, 6.45) is 0.561. The maximum absolute atomic E-state index is 14.3. The lowest BCUT2D eigenvalue weighted by atomic mass is 10.00. The van der Waals surface area contributed by atoms with E-state index < -0.39 is 0 Å². The van der Waals surface area contributed by atoms with Gasteiger partial charge in [-0.15, -0.1) is 0 Å². The SMILES string of the molecule is CN(CC1Cc2cc(F)cc(-c3c(Cl)cccc3Cl)c2O1)c1ccccc1. The minimum Gasteiger partial charge on any atom is -0.487 e. The van der Waals surface area contributed by atoms with Gasteiger partial charge >= 0.3 is 0 Å². The Hall–Kier alpha value is -2.23. The number of rotatable bonds is 4. The zero-order chi connectivity index (χ0) is 19.0. The van der Waals surface area contributed by atoms with E-state index in [-0.39, 0.29) is 11.9 Å². The fourth-order valence-corrected chi connectivity index (χ4v) is 4.13. The molecule has 0 radical (unpaired) electrons. The number of ether oxygens (including phenoxy) is 1. The van der Waals surface area contributed by atoms with Crippen LogP contribution in [-0.2, 0) is 6.42 Å². The Kier molecular flexibility index (Phi) is 4.98. The van der Waals surface area contributed by atoms with Crippen molar-refractivity contribution >= 4 is 28.9 Å². The van der Waals surface area contributed by atoms with Crippen molar-refractivity contribution in [2.75, 3.05) is 18.5 Å². The van der Waals surface area contributed by atoms with Crippen LogP contribution in [0.4, 0.5) is 10.1 Å². The minimum absolute atomic E-state index is 0.0768. The summed E-state index contributed by atoms with van der Waals surface area (Å²) in [5.41, 5.74) is 3.16. The lowest BCUT2D eigenvalue weighted by molar-refractivity contribution is 0.240. The standard InChI is InChI=1S/C22H18Cl2FNO/c1-26(16-6-3-2-4-7-16)13-17-11-14-10-15(25)12-18(22(14)27-17)21-19(23)8-5-9-20(21)24/h2-10,12,17H,11,13H2,1H3. The van der Waals surface area contributed by atoms with Crippen molar-refractivity contribution in [2.24, 2.45) is 0 Å². The maximum Gasteiger partial charge on any atom is 0.131 e. The molecule has 0 N–H and O–H groups in total. The molecule has 1 aliphatic heterocycles. The van der Waals surface area contributed by atoms with Gasteiger partial charge in [0.1, 0.15) is 17.7 Å². The molecule has 5 heteroatoms. The first-order valence-electron chi connectivity index (χ1n) is 8.72. The van der Waals surface area contributed by atoms with Gasteiger partial charge in [-0.1, -0.05) is 47.5 Å². The molecule has 3 aromatic carbocycles. The lowest BCUT2D eigenvalue weighted by Gasteiger charge is -2.23. The molecule has 4 rings (SSSR count). The molecule has 27 heavy (non-hydrogen) atoms. The molecule has 0 saturated heterocycles. The fourth-order valence-electron chi connectivity index (χ4n) is 3.53. The zero-order valence-electron chi connectivity index (χ0n) is 14.8. The molecule has 2 nitrogen and oxygen atoms in total. The molecular formula is C22H18Cl2FNO. The third-order valence-corrected chi connectivity index (χ3v) is 5.40. The highest BCUT2D eigenvalue weighted by molar-refractivity contribution is 6.39. The van der Waals surface area contributed by atoms with Crippen LogP contribution in [0, 0.1) is 5.82 Å². The Labute approximate surface area is 168 Å². The van der Waals surface area contributed by atoms with Gasteiger partial charge in [0, 0.05) is 35.8 Å². The number of anilines is 1. The Morgan fingerprint density at radius 3 is 2.44 bits per heavy atom. The summed E-state index contributed by atoms with van der Waals surface area (Å²) >= 11 is 12.7. The monoisotopic (exact) mass is 401 g/mol. The van der Waals surface area contributed by atoms with Gasteiger partial charge in [0.05, 0.1) is 16.6 Å². The molecule has 138 valence electrons. The summed E-state index contributed by atoms with van der Waals surface area (Å²) in [6.45, 7) is 0.690. The van der Waals surface area contributed by atoms with Gasteiger partial charge in [-0.05, 0) is 36.4 Å². The van der Waals surface area contributed by atoms with Gasteiger partial charge in [-0.25, -0.2) is 4.39 Å². The van der Waals surface area contributed by atoms with E-state index >= 15 is 0 Å². The Bertz CT molecular complexity index is 957. The molecule has 0 saturated carbocycles. The van der Waals surface area contributed by atoms with Crippen molar-refractivity contribution < 1.29 is 9.13 Å². The number of halogens is 3. The van der Waals surface area contributed by atoms with E-state index in [9.17, 15) is 4.39 Å². The van der Waals surface area contributed by atoms with Crippen LogP contribution >= 0.6 is 23.2 Å². The molecule has 0 bridgehead atoms. The molecule has 0 aromatic heterocycles. The van der Waals surface area contributed by atoms with Crippen LogP contribution in [0.1, 0.15) is 5.56 Å². The smallest absolute Gasteiger partial charge is 0.131 e. The van der Waals surface area contributed by atoms with Crippen LogP contribution in [-0.4, -0.2) is 19.7 Å². The molecule has 0 aliphatic carbocycles. The summed E-state index contributed by atoms with van der Waals surface area (Å²) in [7, 11) is 2.02. The molecule has 0 spiro atoms. The Morgan fingerprint density at radius 1 is 1.04 bits per heavy atom. The van der Waals surface area contributed by atoms with Crippen molar-refractivity contribution in [1.82, 2.24) is 0 Å². The molecule has 1 aliphatic rings. The average molecular weight is 402 g/mol. The van der Waals surface area contributed by atoms with E-state index in [4.69, 9.17) is 27.9 Å². The van der Waals surface area contributed by atoms with Gasteiger partial charge in [0.25, 0.3) is 0 Å². The first kappa shape index (κ1) is 18.1. The molecule has 1 unspecified atom stereocenters. The van der Waals surface area contributed by atoms with Crippen LogP contribution in [0.3, 0.4) is 0 Å². The quantitative estimate of drug-likeness (QED) is 0.512. The van der Waals surface area contributed by atoms with E-state index in [1.54, 1.807) is 18.2 Å². The number of benzene rings is 3. The molecule has 0 fully saturated rings. The van der Waals surface area contributed by atoms with Crippen molar-refractivity contribution in [1.29, 1.82) is 0 Å². The summed E-state index contributed by atoms with van der Waals surface area (Å²) in [4.78, 5) is 2.13. The number of hydrogen-bond acceptors (Lipinski definition) is 2. The zero-order valence-corrected chi connectivity index (χ0v) is 16.3. The highest BCUT2D eigenvalue weighted by atomic mass is 35.5. The number of likely N-dealkylation sites (N-methyl/N-ethyl adjacent to an activating group) is 1. The largest absolute Gasteiger partial charge is 0.487 e. The van der Waals surface area contributed by atoms with Gasteiger partial charge in [0.2, 0.25) is 0 Å². The van der Waals surface area contributed by atoms with Crippen LogP contribution in [0.2, 0.25) is 10.0 Å². The van der Waals surface area contributed by atoms with Crippen molar-refractivity contribution in [3.05, 3.63) is 82.1 Å². The summed E-state index contributed by atoms with van der Waals surface area (Å²) in [5.74, 6) is 0.346. The topological polar surface area (TPSA) is 12.5 Å². The van der Waals surface area contributed by atoms with Crippen LogP contribution in [0.5, 0.6) is 5.75 Å². The highest BCUT2D eigenvalue weighted by Gasteiger charge is 2.29. The second-order valence-corrected chi connectivity index (χ2v) is 7.51. The van der Waals surface area contributed by atoms with Gasteiger partial charge < -0.3 is 9.64 Å².